The maximum atomic E-state index is 13.2. The molecular weight excluding hydrogens is 605 g/mol. The van der Waals surface area contributed by atoms with Crippen LogP contribution in [0.2, 0.25) is 13.1 Å². The second kappa shape index (κ2) is 8.64. The van der Waals surface area contributed by atoms with Crippen molar-refractivity contribution in [2.75, 3.05) is 0 Å². The van der Waals surface area contributed by atoms with Crippen LogP contribution in [0.15, 0.2) is 11.3 Å². The third kappa shape index (κ3) is 3.88. The van der Waals surface area contributed by atoms with Gasteiger partial charge < -0.3 is 0 Å². The summed E-state index contributed by atoms with van der Waals surface area (Å²) in [5, 5.41) is 37.9. The first-order valence-corrected chi connectivity index (χ1v) is 18.7. The number of nitrogens with one attached hydrogen (secondary N) is 1. The Balaban J connectivity index is 2.53. The Morgan fingerprint density at radius 2 is 1.67 bits per heavy atom. The van der Waals surface area contributed by atoms with Crippen LogP contribution in [-0.4, -0.2) is 83.5 Å². The molecule has 0 radical (unpaired) electrons. The van der Waals surface area contributed by atoms with Crippen molar-refractivity contribution in [3.63, 3.8) is 0 Å². The number of nitrogens with two attached hydrogens (primary N) is 1. The molecule has 0 aromatic carbocycles. The monoisotopic (exact) mass is 651 g/mol. The fourth-order valence-electron chi connectivity index (χ4n) is 6.19. The Labute approximate surface area is 234 Å². The number of alkyl halides is 1. The number of nitrogens with zero attached hydrogens (tertiary/aromatic N) is 3. The molecule has 2 aliphatic rings. The predicted octanol–water partition coefficient (Wildman–Crippen LogP) is 1.19. The van der Waals surface area contributed by atoms with E-state index in [0.717, 1.165) is 0 Å². The molecule has 2 unspecified atom stereocenters. The van der Waals surface area contributed by atoms with Gasteiger partial charge in [-0.2, -0.15) is 0 Å². The number of imidazole rings is 1. The molecule has 3 rings (SSSR count). The number of rotatable bonds is 3. The topological polar surface area (TPSA) is 138 Å². The van der Waals surface area contributed by atoms with Crippen LogP contribution in [-0.2, 0) is 15.2 Å². The summed E-state index contributed by atoms with van der Waals surface area (Å²) in [6.07, 6.45) is -0.638. The van der Waals surface area contributed by atoms with Crippen molar-refractivity contribution in [2.45, 2.75) is 109 Å². The first-order chi connectivity index (χ1) is 15.9. The first kappa shape index (κ1) is 30.3. The van der Waals surface area contributed by atoms with E-state index in [0.29, 0.717) is 15.4 Å². The van der Waals surface area contributed by atoms with Gasteiger partial charge in [0.25, 0.3) is 0 Å². The fraction of sp³-hybridized carbons (Fsp3) is 0.833. The van der Waals surface area contributed by atoms with Gasteiger partial charge in [0.1, 0.15) is 0 Å². The van der Waals surface area contributed by atoms with Gasteiger partial charge in [0.05, 0.1) is 0 Å². The number of aliphatic imine (C=N–C) groups is 1. The zero-order valence-electron chi connectivity index (χ0n) is 23.9. The average Bonchev–Trinajstić information content (AvgIpc) is 3.17. The maximum absolute atomic E-state index is 13.2. The SMILES string of the molecule is C[SiH](C)[C@@]1(n2cnc3c2N=[C]([SnH3])NC3(N)Cl)O[C@H](C(O)C(C)(C)C)[C@](O)(C(C)(C)C)[C@]1(O)C(C)(C)C. The number of aliphatic hydroxyl groups is 3. The van der Waals surface area contributed by atoms with Crippen molar-refractivity contribution in [3.8, 4) is 0 Å². The minimum absolute atomic E-state index is 0.0584. The Hall–Kier alpha value is -0.214. The summed E-state index contributed by atoms with van der Waals surface area (Å²) in [4.78, 5) is 9.31. The Kier molecular flexibility index (Phi) is 7.28. The molecule has 36 heavy (non-hydrogen) atoms. The molecule has 6 atom stereocenters. The molecule has 12 heteroatoms. The van der Waals surface area contributed by atoms with Crippen molar-refractivity contribution in [2.24, 2.45) is 27.0 Å². The molecule has 6 N–H and O–H groups in total. The van der Waals surface area contributed by atoms with E-state index in [2.05, 4.69) is 23.4 Å². The molecule has 1 aromatic heterocycles. The van der Waals surface area contributed by atoms with Crippen LogP contribution in [0, 0.1) is 16.2 Å². The van der Waals surface area contributed by atoms with Crippen molar-refractivity contribution in [1.29, 1.82) is 0 Å². The summed E-state index contributed by atoms with van der Waals surface area (Å²) in [7, 11) is -2.15. The zero-order valence-corrected chi connectivity index (χ0v) is 31.5. The third-order valence-corrected chi connectivity index (χ3v) is 12.1. The quantitative estimate of drug-likeness (QED) is 0.188. The van der Waals surface area contributed by atoms with Gasteiger partial charge >= 0.3 is 236 Å². The van der Waals surface area contributed by atoms with Gasteiger partial charge in [-0.1, -0.05) is 0 Å². The number of halogens is 1. The van der Waals surface area contributed by atoms with Gasteiger partial charge in [-0.25, -0.2) is 0 Å². The predicted molar refractivity (Wildman–Crippen MR) is 150 cm³/mol. The van der Waals surface area contributed by atoms with Gasteiger partial charge in [0, 0.05) is 0 Å². The van der Waals surface area contributed by atoms with E-state index in [9.17, 15) is 15.3 Å². The Morgan fingerprint density at radius 1 is 1.14 bits per heavy atom. The van der Waals surface area contributed by atoms with Crippen LogP contribution in [0.1, 0.15) is 68.0 Å². The first-order valence-electron chi connectivity index (χ1n) is 12.6. The summed E-state index contributed by atoms with van der Waals surface area (Å²) in [6.45, 7) is 21.1. The molecule has 0 aliphatic carbocycles. The molecule has 0 amide bonds. The van der Waals surface area contributed by atoms with E-state index in [1.807, 2.05) is 62.3 Å². The van der Waals surface area contributed by atoms with Crippen LogP contribution < -0.4 is 11.1 Å². The van der Waals surface area contributed by atoms with Gasteiger partial charge in [0.15, 0.2) is 0 Å². The van der Waals surface area contributed by atoms with E-state index in [1.165, 1.54) is 0 Å². The molecule has 2 aliphatic heterocycles. The van der Waals surface area contributed by atoms with Crippen LogP contribution in [0.5, 0.6) is 0 Å². The molecule has 0 bridgehead atoms. The third-order valence-electron chi connectivity index (χ3n) is 8.06. The van der Waals surface area contributed by atoms with Crippen molar-refractivity contribution < 1.29 is 20.1 Å². The molecule has 1 saturated heterocycles. The van der Waals surface area contributed by atoms with E-state index in [4.69, 9.17) is 27.1 Å². The van der Waals surface area contributed by atoms with Crippen molar-refractivity contribution in [3.05, 3.63) is 12.0 Å². The average molecular weight is 651 g/mol. The molecule has 3 heterocycles. The molecule has 0 spiro atoms. The Morgan fingerprint density at radius 3 is 2.08 bits per heavy atom. The van der Waals surface area contributed by atoms with Gasteiger partial charge in [-0.05, 0) is 0 Å². The van der Waals surface area contributed by atoms with Crippen molar-refractivity contribution >= 4 is 52.6 Å². The van der Waals surface area contributed by atoms with Crippen LogP contribution in [0.3, 0.4) is 0 Å². The zero-order chi connectivity index (χ0) is 28.1. The van der Waals surface area contributed by atoms with Gasteiger partial charge in [0.2, 0.25) is 0 Å². The van der Waals surface area contributed by atoms with Crippen molar-refractivity contribution in [1.82, 2.24) is 14.9 Å². The standard InChI is InChI=1S/C24H43ClN5O4Si.Sn.3H/c1-18(2,3)15(31)16-21(32,19(4,5)6)23(33,20(7,8)9)24(34-16,35(10)11)30-13-28-14-17(30)27-12-29-22(14,25)26;;;;/h13,15-16,31-33,35H,26H2,1-11H3,(H,27,29);;;;/t15?,16-,21+,22?,23-,24+;;;;/m1..../s1. The molecule has 0 saturated carbocycles. The summed E-state index contributed by atoms with van der Waals surface area (Å²) < 4.78 is 9.42. The molecule has 1 aromatic rings. The molecular formula is C24H46ClN5O4SiSn. The summed E-state index contributed by atoms with van der Waals surface area (Å²) in [5.74, 6) is 0.409. The number of aromatic nitrogens is 2. The second-order valence-electron chi connectivity index (χ2n) is 14.0. The number of ether oxygens (including phenoxy) is 1. The van der Waals surface area contributed by atoms with Crippen LogP contribution >= 0.6 is 11.6 Å². The molecule has 1 fully saturated rings. The molecule has 206 valence electrons. The van der Waals surface area contributed by atoms with Gasteiger partial charge in [-0.3, -0.25) is 0 Å². The number of hydrogen-bond acceptors (Lipinski definition) is 8. The van der Waals surface area contributed by atoms with E-state index < -0.39 is 58.9 Å². The van der Waals surface area contributed by atoms with E-state index in [1.54, 1.807) is 10.9 Å². The summed E-state index contributed by atoms with van der Waals surface area (Å²) in [6, 6.07) is 0. The number of aliphatic hydroxyl groups excluding tert-OH is 1. The summed E-state index contributed by atoms with van der Waals surface area (Å²) >= 11 is 6.57. The van der Waals surface area contributed by atoms with E-state index >= 15 is 0 Å². The van der Waals surface area contributed by atoms with Crippen LogP contribution in [0.25, 0.3) is 0 Å². The number of hydrogen-bond donors (Lipinski definition) is 5. The summed E-state index contributed by atoms with van der Waals surface area (Å²) in [5.41, 5.74) is 0.522. The normalized spacial score (nSPS) is 36.6. The molecule has 9 nitrogen and oxygen atoms in total. The van der Waals surface area contributed by atoms with Crippen LogP contribution in [0.4, 0.5) is 5.82 Å². The fourth-order valence-corrected chi connectivity index (χ4v) is 11.3. The minimum atomic E-state index is -2.15. The number of fused-ring (bicyclic) bond motifs is 1. The Bertz CT molecular complexity index is 1060. The van der Waals surface area contributed by atoms with E-state index in [-0.39, 0.29) is 22.5 Å². The number of amidine groups is 1. The van der Waals surface area contributed by atoms with Gasteiger partial charge in [-0.15, -0.1) is 0 Å². The second-order valence-corrected chi connectivity index (χ2v) is 20.4.